The number of rotatable bonds is 3. The van der Waals surface area contributed by atoms with Crippen LogP contribution in [0.1, 0.15) is 0 Å². The second-order valence-electron chi connectivity index (χ2n) is 3.28. The molecule has 1 unspecified atom stereocenters. The van der Waals surface area contributed by atoms with Crippen LogP contribution < -0.4 is 0 Å². The van der Waals surface area contributed by atoms with E-state index in [2.05, 4.69) is 28.1 Å². The van der Waals surface area contributed by atoms with E-state index in [0.29, 0.717) is 0 Å². The predicted molar refractivity (Wildman–Crippen MR) is 83.1 cm³/mol. The zero-order chi connectivity index (χ0) is 15.1. The van der Waals surface area contributed by atoms with Gasteiger partial charge in [-0.15, -0.1) is 0 Å². The van der Waals surface area contributed by atoms with Crippen LogP contribution in [0.25, 0.3) is 0 Å². The molecule has 0 fully saturated rings. The van der Waals surface area contributed by atoms with Crippen LogP contribution in [-0.4, -0.2) is 25.6 Å². The molecule has 2 aromatic carbocycles. The van der Waals surface area contributed by atoms with Gasteiger partial charge in [-0.1, -0.05) is 15.9 Å². The largest absolute Gasteiger partial charge is 0.772 e. The van der Waals surface area contributed by atoms with Crippen molar-refractivity contribution in [3.05, 3.63) is 72.8 Å². The van der Waals surface area contributed by atoms with Gasteiger partial charge in [-0.25, -0.2) is 0 Å². The molecular weight excluding hydrogens is 524 g/mol. The number of ketones is 1. The fourth-order valence-electron chi connectivity index (χ4n) is 0.854. The van der Waals surface area contributed by atoms with Gasteiger partial charge in [0.25, 0.3) is 0 Å². The van der Waals surface area contributed by atoms with Crippen molar-refractivity contribution < 1.29 is 34.6 Å². The summed E-state index contributed by atoms with van der Waals surface area (Å²) in [5.74, 6) is -0.705. The van der Waals surface area contributed by atoms with Crippen LogP contribution in [0, 0.1) is 12.1 Å². The van der Waals surface area contributed by atoms with Crippen molar-refractivity contribution in [2.45, 2.75) is 0 Å². The zero-order valence-corrected chi connectivity index (χ0v) is 16.4. The standard InChI is InChI=1S/2C6H5.C3H5BrO3S.W/c2*1-2-4-6-5-3-1;4-1-3(5)2-8(6)7;/h2*1-5H;1-2H2,(H,6,7);/q2*-1;;/p-1. The first kappa shape index (κ1) is 22.7. The maximum Gasteiger partial charge on any atom is 0.154 e. The molecular formula is C15H14BrO3SW-3. The Morgan fingerprint density at radius 1 is 0.952 bits per heavy atom. The molecule has 1 atom stereocenters. The number of halogens is 1. The van der Waals surface area contributed by atoms with Gasteiger partial charge < -0.3 is 4.55 Å². The van der Waals surface area contributed by atoms with E-state index < -0.39 is 11.1 Å². The van der Waals surface area contributed by atoms with Crippen LogP contribution in [0.3, 0.4) is 0 Å². The number of hydrogen-bond donors (Lipinski definition) is 0. The fourth-order valence-corrected chi connectivity index (χ4v) is 1.68. The van der Waals surface area contributed by atoms with Crippen molar-refractivity contribution >= 4 is 32.8 Å². The van der Waals surface area contributed by atoms with Crippen LogP contribution in [0.2, 0.25) is 0 Å². The summed E-state index contributed by atoms with van der Waals surface area (Å²) in [5.41, 5.74) is 0. The smallest absolute Gasteiger partial charge is 0.154 e. The van der Waals surface area contributed by atoms with Crippen molar-refractivity contribution in [3.8, 4) is 0 Å². The van der Waals surface area contributed by atoms with E-state index in [-0.39, 0.29) is 37.9 Å². The summed E-state index contributed by atoms with van der Waals surface area (Å²) in [4.78, 5) is 10.2. The van der Waals surface area contributed by atoms with Crippen LogP contribution >= 0.6 is 15.9 Å². The Kier molecular flexibility index (Phi) is 18.8. The molecule has 2 rings (SSSR count). The molecule has 0 aliphatic carbocycles. The summed E-state index contributed by atoms with van der Waals surface area (Å²) in [7, 11) is 0. The molecule has 0 radical (unpaired) electrons. The average molecular weight is 538 g/mol. The van der Waals surface area contributed by atoms with Crippen molar-refractivity contribution in [3.63, 3.8) is 0 Å². The van der Waals surface area contributed by atoms with Crippen LogP contribution in [0.4, 0.5) is 0 Å². The SMILES string of the molecule is O=C(CBr)CS(=O)[O-].[W].[c-]1ccccc1.[c-]1ccccc1. The van der Waals surface area contributed by atoms with E-state index in [0.717, 1.165) is 0 Å². The molecule has 0 aromatic heterocycles. The van der Waals surface area contributed by atoms with E-state index >= 15 is 0 Å². The van der Waals surface area contributed by atoms with Crippen molar-refractivity contribution in [2.24, 2.45) is 0 Å². The van der Waals surface area contributed by atoms with E-state index in [1.54, 1.807) is 0 Å². The summed E-state index contributed by atoms with van der Waals surface area (Å²) in [6, 6.07) is 25.0. The Bertz CT molecular complexity index is 384. The average Bonchev–Trinajstić information content (AvgIpc) is 2.51. The van der Waals surface area contributed by atoms with Gasteiger partial charge in [0.15, 0.2) is 5.78 Å². The van der Waals surface area contributed by atoms with Crippen LogP contribution in [0.15, 0.2) is 60.7 Å². The monoisotopic (exact) mass is 537 g/mol. The molecule has 114 valence electrons. The number of hydrogen-bond acceptors (Lipinski definition) is 3. The second kappa shape index (κ2) is 17.4. The zero-order valence-electron chi connectivity index (χ0n) is 11.1. The third-order valence-corrected chi connectivity index (χ3v) is 2.83. The normalized spacial score (nSPS) is 9.62. The van der Waals surface area contributed by atoms with Crippen molar-refractivity contribution in [1.82, 2.24) is 0 Å². The first-order valence-corrected chi connectivity index (χ1v) is 7.99. The summed E-state index contributed by atoms with van der Waals surface area (Å²) in [6.07, 6.45) is 0. The number of carbonyl (C=O) groups excluding carboxylic acids is 1. The van der Waals surface area contributed by atoms with Gasteiger partial charge in [0.2, 0.25) is 0 Å². The Labute approximate surface area is 150 Å². The molecule has 21 heavy (non-hydrogen) atoms. The maximum atomic E-state index is 10.2. The number of benzene rings is 2. The van der Waals surface area contributed by atoms with Gasteiger partial charge in [-0.05, 0) is 11.1 Å². The summed E-state index contributed by atoms with van der Waals surface area (Å²) in [6.45, 7) is 0. The molecule has 6 heteroatoms. The second-order valence-corrected chi connectivity index (χ2v) is 4.73. The maximum absolute atomic E-state index is 10.2. The molecule has 0 aliphatic heterocycles. The molecule has 0 bridgehead atoms. The van der Waals surface area contributed by atoms with E-state index in [1.807, 2.05) is 60.7 Å². The molecule has 0 saturated carbocycles. The summed E-state index contributed by atoms with van der Waals surface area (Å²) in [5, 5.41) is 0.112. The van der Waals surface area contributed by atoms with Gasteiger partial charge in [-0.3, -0.25) is 9.00 Å². The van der Waals surface area contributed by atoms with Gasteiger partial charge in [-0.2, -0.15) is 72.8 Å². The molecule has 0 amide bonds. The van der Waals surface area contributed by atoms with Gasteiger partial charge in [0.1, 0.15) is 0 Å². The summed E-state index contributed by atoms with van der Waals surface area (Å²) < 4.78 is 19.5. The van der Waals surface area contributed by atoms with Gasteiger partial charge >= 0.3 is 0 Å². The number of Topliss-reactive ketones (excluding diaryl/α,β-unsaturated/α-hetero) is 1. The molecule has 0 heterocycles. The predicted octanol–water partition coefficient (Wildman–Crippen LogP) is 2.80. The summed E-state index contributed by atoms with van der Waals surface area (Å²) >= 11 is 0.595. The quantitative estimate of drug-likeness (QED) is 0.344. The Balaban J connectivity index is 0. The minimum atomic E-state index is -2.23. The molecule has 0 aliphatic rings. The topological polar surface area (TPSA) is 57.2 Å². The molecule has 2 aromatic rings. The third-order valence-electron chi connectivity index (χ3n) is 1.64. The van der Waals surface area contributed by atoms with Gasteiger partial charge in [0.05, 0.1) is 11.1 Å². The van der Waals surface area contributed by atoms with E-state index in [4.69, 9.17) is 0 Å². The Morgan fingerprint density at radius 3 is 1.43 bits per heavy atom. The minimum absolute atomic E-state index is 0. The number of alkyl halides is 1. The fraction of sp³-hybridized carbons (Fsp3) is 0.133. The Morgan fingerprint density at radius 2 is 1.33 bits per heavy atom. The molecule has 3 nitrogen and oxygen atoms in total. The van der Waals surface area contributed by atoms with E-state index in [1.165, 1.54) is 0 Å². The Hall–Kier alpha value is -0.612. The molecule has 0 spiro atoms. The van der Waals surface area contributed by atoms with Crippen LogP contribution in [-0.2, 0) is 36.9 Å². The van der Waals surface area contributed by atoms with Crippen molar-refractivity contribution in [1.29, 1.82) is 0 Å². The first-order chi connectivity index (χ1) is 9.66. The van der Waals surface area contributed by atoms with Crippen molar-refractivity contribution in [2.75, 3.05) is 11.1 Å². The third kappa shape index (κ3) is 19.4. The van der Waals surface area contributed by atoms with Gasteiger partial charge in [0, 0.05) is 21.1 Å². The minimum Gasteiger partial charge on any atom is -0.772 e. The number of carbonyl (C=O) groups is 1. The van der Waals surface area contributed by atoms with Crippen LogP contribution in [0.5, 0.6) is 0 Å². The molecule has 0 N–H and O–H groups in total. The first-order valence-electron chi connectivity index (χ1n) is 5.62. The van der Waals surface area contributed by atoms with E-state index in [9.17, 15) is 13.6 Å². The molecule has 0 saturated heterocycles.